The maximum absolute atomic E-state index is 9.07. The lowest BCUT2D eigenvalue weighted by Gasteiger charge is -2.21. The number of para-hydroxylation sites is 1. The molecule has 2 aromatic rings. The first-order chi connectivity index (χ1) is 8.57. The molecule has 0 fully saturated rings. The Bertz CT molecular complexity index is 595. The summed E-state index contributed by atoms with van der Waals surface area (Å²) in [5.41, 5.74) is 0.686. The van der Waals surface area contributed by atoms with Crippen molar-refractivity contribution in [1.29, 1.82) is 5.26 Å². The Hall–Kier alpha value is -1.47. The number of halogens is 1. The van der Waals surface area contributed by atoms with Gasteiger partial charge in [0.2, 0.25) is 5.76 Å². The van der Waals surface area contributed by atoms with Gasteiger partial charge in [0.25, 0.3) is 0 Å². The maximum Gasteiger partial charge on any atom is 0.246 e. The zero-order valence-electron chi connectivity index (χ0n) is 10.4. The molecule has 2 rings (SSSR count). The second-order valence-corrected chi connectivity index (χ2v) is 5.52. The third kappa shape index (κ3) is 2.51. The van der Waals surface area contributed by atoms with Crippen LogP contribution in [0.3, 0.4) is 0 Å². The third-order valence-electron chi connectivity index (χ3n) is 2.62. The number of hydrogen-bond donors (Lipinski definition) is 0. The molecule has 18 heavy (non-hydrogen) atoms. The molecule has 0 saturated carbocycles. The number of ether oxygens (including phenoxy) is 1. The number of furan rings is 1. The smallest absolute Gasteiger partial charge is 0.246 e. The SMILES string of the molecule is CC(C)(CBr)COc1c(C#N)oc2ccccc12. The van der Waals surface area contributed by atoms with Crippen molar-refractivity contribution in [2.45, 2.75) is 13.8 Å². The van der Waals surface area contributed by atoms with Gasteiger partial charge in [-0.15, -0.1) is 0 Å². The van der Waals surface area contributed by atoms with E-state index in [-0.39, 0.29) is 11.2 Å². The average Bonchev–Trinajstić information content (AvgIpc) is 2.74. The monoisotopic (exact) mass is 307 g/mol. The summed E-state index contributed by atoms with van der Waals surface area (Å²) in [6, 6.07) is 9.55. The number of nitriles is 1. The Morgan fingerprint density at radius 3 is 2.78 bits per heavy atom. The Labute approximate surface area is 114 Å². The second-order valence-electron chi connectivity index (χ2n) is 4.95. The molecule has 94 valence electrons. The summed E-state index contributed by atoms with van der Waals surface area (Å²) in [6.45, 7) is 4.71. The van der Waals surface area contributed by atoms with Crippen molar-refractivity contribution in [3.63, 3.8) is 0 Å². The molecule has 0 aliphatic heterocycles. The normalized spacial score (nSPS) is 11.4. The highest BCUT2D eigenvalue weighted by atomic mass is 79.9. The van der Waals surface area contributed by atoms with Crippen LogP contribution < -0.4 is 4.74 Å². The summed E-state index contributed by atoms with van der Waals surface area (Å²) in [5.74, 6) is 0.781. The maximum atomic E-state index is 9.07. The van der Waals surface area contributed by atoms with Gasteiger partial charge in [0.15, 0.2) is 5.75 Å². The predicted octanol–water partition coefficient (Wildman–Crippen LogP) is 4.10. The van der Waals surface area contributed by atoms with Crippen LogP contribution in [0.2, 0.25) is 0 Å². The van der Waals surface area contributed by atoms with Gasteiger partial charge in [-0.2, -0.15) is 5.26 Å². The summed E-state index contributed by atoms with van der Waals surface area (Å²) < 4.78 is 11.2. The molecule has 0 amide bonds. The van der Waals surface area contributed by atoms with Gasteiger partial charge in [-0.05, 0) is 12.1 Å². The zero-order chi connectivity index (χ0) is 13.2. The third-order valence-corrected chi connectivity index (χ3v) is 4.14. The highest BCUT2D eigenvalue weighted by Gasteiger charge is 2.21. The molecule has 0 aliphatic carbocycles. The summed E-state index contributed by atoms with van der Waals surface area (Å²) in [5, 5.41) is 10.8. The van der Waals surface area contributed by atoms with Gasteiger partial charge in [-0.3, -0.25) is 0 Å². The van der Waals surface area contributed by atoms with Crippen LogP contribution in [0.25, 0.3) is 11.0 Å². The van der Waals surface area contributed by atoms with Gasteiger partial charge in [-0.25, -0.2) is 0 Å². The Morgan fingerprint density at radius 2 is 2.11 bits per heavy atom. The molecule has 0 radical (unpaired) electrons. The standard InChI is InChI=1S/C14H14BrNO2/c1-14(2,8-15)9-17-13-10-5-3-4-6-11(10)18-12(13)7-16/h3-6H,8-9H2,1-2H3. The van der Waals surface area contributed by atoms with Crippen molar-refractivity contribution in [3.8, 4) is 11.8 Å². The van der Waals surface area contributed by atoms with E-state index in [4.69, 9.17) is 14.4 Å². The average molecular weight is 308 g/mol. The van der Waals surface area contributed by atoms with E-state index in [1.54, 1.807) is 0 Å². The molecule has 0 atom stereocenters. The number of alkyl halides is 1. The fourth-order valence-electron chi connectivity index (χ4n) is 1.54. The summed E-state index contributed by atoms with van der Waals surface area (Å²) >= 11 is 3.45. The number of nitrogens with zero attached hydrogens (tertiary/aromatic N) is 1. The van der Waals surface area contributed by atoms with Gasteiger partial charge in [-0.1, -0.05) is 41.9 Å². The van der Waals surface area contributed by atoms with Crippen LogP contribution in [0.5, 0.6) is 5.75 Å². The summed E-state index contributed by atoms with van der Waals surface area (Å²) in [7, 11) is 0. The molecule has 1 aromatic heterocycles. The quantitative estimate of drug-likeness (QED) is 0.799. The molecular formula is C14H14BrNO2. The second kappa shape index (κ2) is 5.03. The van der Waals surface area contributed by atoms with E-state index >= 15 is 0 Å². The van der Waals surface area contributed by atoms with E-state index in [1.807, 2.05) is 30.3 Å². The molecule has 0 aliphatic rings. The van der Waals surface area contributed by atoms with E-state index in [1.165, 1.54) is 0 Å². The first-order valence-corrected chi connectivity index (χ1v) is 6.80. The van der Waals surface area contributed by atoms with Gasteiger partial charge < -0.3 is 9.15 Å². The lowest BCUT2D eigenvalue weighted by Crippen LogP contribution is -2.22. The largest absolute Gasteiger partial charge is 0.488 e. The van der Waals surface area contributed by atoms with Crippen LogP contribution in [-0.4, -0.2) is 11.9 Å². The highest BCUT2D eigenvalue weighted by Crippen LogP contribution is 2.33. The molecule has 0 spiro atoms. The first kappa shape index (κ1) is 13.0. The van der Waals surface area contributed by atoms with E-state index in [9.17, 15) is 0 Å². The van der Waals surface area contributed by atoms with E-state index < -0.39 is 0 Å². The van der Waals surface area contributed by atoms with Crippen molar-refractivity contribution < 1.29 is 9.15 Å². The molecule has 0 unspecified atom stereocenters. The van der Waals surface area contributed by atoms with Crippen LogP contribution >= 0.6 is 15.9 Å². The molecule has 4 heteroatoms. The molecule has 1 heterocycles. The van der Waals surface area contributed by atoms with Gasteiger partial charge in [0.05, 0.1) is 12.0 Å². The van der Waals surface area contributed by atoms with Crippen molar-refractivity contribution in [3.05, 3.63) is 30.0 Å². The van der Waals surface area contributed by atoms with Crippen LogP contribution in [-0.2, 0) is 0 Å². The zero-order valence-corrected chi connectivity index (χ0v) is 12.0. The fraction of sp³-hybridized carbons (Fsp3) is 0.357. The van der Waals surface area contributed by atoms with Gasteiger partial charge in [0, 0.05) is 10.7 Å². The topological polar surface area (TPSA) is 46.2 Å². The molecule has 1 aromatic carbocycles. The molecule has 3 nitrogen and oxygen atoms in total. The molecule has 0 N–H and O–H groups in total. The van der Waals surface area contributed by atoms with Crippen LogP contribution in [0.4, 0.5) is 0 Å². The van der Waals surface area contributed by atoms with Gasteiger partial charge in [0.1, 0.15) is 11.7 Å². The number of fused-ring (bicyclic) bond motifs is 1. The van der Waals surface area contributed by atoms with Crippen LogP contribution in [0, 0.1) is 16.7 Å². The van der Waals surface area contributed by atoms with Gasteiger partial charge >= 0.3 is 0 Å². The van der Waals surface area contributed by atoms with Crippen LogP contribution in [0.1, 0.15) is 19.6 Å². The van der Waals surface area contributed by atoms with E-state index in [0.717, 1.165) is 10.7 Å². The Kier molecular flexibility index (Phi) is 3.63. The minimum Gasteiger partial charge on any atom is -0.488 e. The number of hydrogen-bond acceptors (Lipinski definition) is 3. The fourth-order valence-corrected chi connectivity index (χ4v) is 1.71. The number of benzene rings is 1. The molecular weight excluding hydrogens is 294 g/mol. The molecule has 0 bridgehead atoms. The predicted molar refractivity (Wildman–Crippen MR) is 74.0 cm³/mol. The Morgan fingerprint density at radius 1 is 1.39 bits per heavy atom. The summed E-state index contributed by atoms with van der Waals surface area (Å²) in [4.78, 5) is 0. The van der Waals surface area contributed by atoms with Crippen molar-refractivity contribution in [1.82, 2.24) is 0 Å². The molecule has 0 saturated heterocycles. The Balaban J connectivity index is 2.35. The van der Waals surface area contributed by atoms with E-state index in [0.29, 0.717) is 17.9 Å². The van der Waals surface area contributed by atoms with Crippen LogP contribution in [0.15, 0.2) is 28.7 Å². The lowest BCUT2D eigenvalue weighted by atomic mass is 9.98. The number of rotatable bonds is 4. The highest BCUT2D eigenvalue weighted by molar-refractivity contribution is 9.09. The van der Waals surface area contributed by atoms with E-state index in [2.05, 4.69) is 29.8 Å². The minimum atomic E-state index is 0.00506. The summed E-state index contributed by atoms with van der Waals surface area (Å²) in [6.07, 6.45) is 0. The van der Waals surface area contributed by atoms with Crippen molar-refractivity contribution in [2.24, 2.45) is 5.41 Å². The minimum absolute atomic E-state index is 0.00506. The van der Waals surface area contributed by atoms with Crippen molar-refractivity contribution in [2.75, 3.05) is 11.9 Å². The van der Waals surface area contributed by atoms with Crippen molar-refractivity contribution >= 4 is 26.9 Å². The first-order valence-electron chi connectivity index (χ1n) is 5.68. The lowest BCUT2D eigenvalue weighted by molar-refractivity contribution is 0.202.